The van der Waals surface area contributed by atoms with Crippen molar-refractivity contribution >= 4 is 39.1 Å². The summed E-state index contributed by atoms with van der Waals surface area (Å²) in [5.74, 6) is 1.30. The van der Waals surface area contributed by atoms with Crippen LogP contribution in [0.15, 0.2) is 59.2 Å². The number of aryl methyl sites for hydroxylation is 1. The Kier molecular flexibility index (Phi) is 4.57. The molecular weight excluding hydrogens is 352 g/mol. The summed E-state index contributed by atoms with van der Waals surface area (Å²) in [6, 6.07) is 15.9. The number of hydrogen-bond donors (Lipinski definition) is 2. The summed E-state index contributed by atoms with van der Waals surface area (Å²) in [7, 11) is 0. The Morgan fingerprint density at radius 1 is 0.870 bits per heavy atom. The summed E-state index contributed by atoms with van der Waals surface area (Å²) in [6.07, 6.45) is 1.74. The predicted molar refractivity (Wildman–Crippen MR) is 98.7 cm³/mol. The monoisotopic (exact) mass is 368 g/mol. The van der Waals surface area contributed by atoms with Crippen molar-refractivity contribution in [3.05, 3.63) is 70.3 Å². The molecule has 1 heterocycles. The van der Waals surface area contributed by atoms with E-state index in [1.54, 1.807) is 6.20 Å². The fourth-order valence-corrected chi connectivity index (χ4v) is 2.58. The molecule has 3 aromatic rings. The minimum absolute atomic E-state index is 0.548. The summed E-state index contributed by atoms with van der Waals surface area (Å²) in [5.41, 5.74) is 4.44. The van der Waals surface area contributed by atoms with Crippen LogP contribution in [0.4, 0.5) is 23.1 Å². The molecule has 0 bridgehead atoms. The lowest BCUT2D eigenvalue weighted by molar-refractivity contribution is 1.16. The lowest BCUT2D eigenvalue weighted by Gasteiger charge is -2.12. The largest absolute Gasteiger partial charge is 0.340 e. The van der Waals surface area contributed by atoms with Crippen LogP contribution < -0.4 is 10.6 Å². The van der Waals surface area contributed by atoms with Crippen LogP contribution in [0, 0.1) is 13.8 Å². The highest BCUT2D eigenvalue weighted by atomic mass is 79.9. The summed E-state index contributed by atoms with van der Waals surface area (Å²) >= 11 is 3.51. The molecule has 5 heteroatoms. The van der Waals surface area contributed by atoms with Gasteiger partial charge in [-0.3, -0.25) is 0 Å². The van der Waals surface area contributed by atoms with Gasteiger partial charge in [0.15, 0.2) is 0 Å². The zero-order valence-electron chi connectivity index (χ0n) is 13.0. The molecular formula is C18H17BrN4. The molecule has 0 amide bonds. The standard InChI is InChI=1S/C18H17BrN4/c1-12-6-5-9-15(13(12)2)21-17-10-11-20-18(23-17)22-16-8-4-3-7-14(16)19/h3-11H,1-2H3,(H2,20,21,22,23). The third kappa shape index (κ3) is 3.68. The van der Waals surface area contributed by atoms with Crippen LogP contribution in [0.1, 0.15) is 11.1 Å². The highest BCUT2D eigenvalue weighted by molar-refractivity contribution is 9.10. The number of benzene rings is 2. The number of aromatic nitrogens is 2. The van der Waals surface area contributed by atoms with Crippen LogP contribution in [0.25, 0.3) is 0 Å². The van der Waals surface area contributed by atoms with Crippen molar-refractivity contribution in [2.45, 2.75) is 13.8 Å². The van der Waals surface area contributed by atoms with E-state index in [4.69, 9.17) is 0 Å². The van der Waals surface area contributed by atoms with Gasteiger partial charge in [-0.2, -0.15) is 4.98 Å². The van der Waals surface area contributed by atoms with Crippen LogP contribution in [0.2, 0.25) is 0 Å². The summed E-state index contributed by atoms with van der Waals surface area (Å²) in [6.45, 7) is 4.19. The van der Waals surface area contributed by atoms with Crippen molar-refractivity contribution in [1.29, 1.82) is 0 Å². The highest BCUT2D eigenvalue weighted by Crippen LogP contribution is 2.25. The van der Waals surface area contributed by atoms with Crippen LogP contribution in [-0.2, 0) is 0 Å². The molecule has 0 atom stereocenters. The molecule has 0 saturated heterocycles. The van der Waals surface area contributed by atoms with Crippen molar-refractivity contribution in [1.82, 2.24) is 9.97 Å². The number of hydrogen-bond acceptors (Lipinski definition) is 4. The third-order valence-corrected chi connectivity index (χ3v) is 4.33. The Bertz CT molecular complexity index is 833. The van der Waals surface area contributed by atoms with Gasteiger partial charge in [0.2, 0.25) is 5.95 Å². The fraction of sp³-hybridized carbons (Fsp3) is 0.111. The fourth-order valence-electron chi connectivity index (χ4n) is 2.20. The number of nitrogens with one attached hydrogen (secondary N) is 2. The number of anilines is 4. The Morgan fingerprint density at radius 2 is 1.65 bits per heavy atom. The average molecular weight is 369 g/mol. The SMILES string of the molecule is Cc1cccc(Nc2ccnc(Nc3ccccc3Br)n2)c1C. The van der Waals surface area contributed by atoms with Crippen LogP contribution >= 0.6 is 15.9 Å². The van der Waals surface area contributed by atoms with Crippen LogP contribution in [-0.4, -0.2) is 9.97 Å². The minimum atomic E-state index is 0.548. The van der Waals surface area contributed by atoms with E-state index >= 15 is 0 Å². The third-order valence-electron chi connectivity index (χ3n) is 3.64. The van der Waals surface area contributed by atoms with Gasteiger partial charge in [0.25, 0.3) is 0 Å². The quantitative estimate of drug-likeness (QED) is 0.652. The van der Waals surface area contributed by atoms with E-state index in [-0.39, 0.29) is 0 Å². The Morgan fingerprint density at radius 3 is 2.48 bits per heavy atom. The van der Waals surface area contributed by atoms with E-state index in [9.17, 15) is 0 Å². The van der Waals surface area contributed by atoms with E-state index in [2.05, 4.69) is 56.4 Å². The molecule has 0 radical (unpaired) electrons. The van der Waals surface area contributed by atoms with Gasteiger partial charge in [0.05, 0.1) is 5.69 Å². The lowest BCUT2D eigenvalue weighted by atomic mass is 10.1. The Hall–Kier alpha value is -2.40. The Labute approximate surface area is 144 Å². The maximum absolute atomic E-state index is 4.52. The summed E-state index contributed by atoms with van der Waals surface area (Å²) in [5, 5.41) is 6.57. The molecule has 1 aromatic heterocycles. The average Bonchev–Trinajstić information content (AvgIpc) is 2.55. The van der Waals surface area contributed by atoms with Gasteiger partial charge in [0, 0.05) is 16.4 Å². The van der Waals surface area contributed by atoms with Crippen molar-refractivity contribution in [3.63, 3.8) is 0 Å². The molecule has 0 fully saturated rings. The molecule has 0 unspecified atom stereocenters. The number of halogens is 1. The summed E-state index contributed by atoms with van der Waals surface area (Å²) in [4.78, 5) is 8.80. The normalized spacial score (nSPS) is 10.4. The van der Waals surface area contributed by atoms with E-state index in [1.165, 1.54) is 11.1 Å². The topological polar surface area (TPSA) is 49.8 Å². The minimum Gasteiger partial charge on any atom is -0.340 e. The number of nitrogens with zero attached hydrogens (tertiary/aromatic N) is 2. The highest BCUT2D eigenvalue weighted by Gasteiger charge is 2.05. The zero-order valence-corrected chi connectivity index (χ0v) is 14.6. The van der Waals surface area contributed by atoms with Crippen LogP contribution in [0.3, 0.4) is 0 Å². The lowest BCUT2D eigenvalue weighted by Crippen LogP contribution is -2.01. The number of para-hydroxylation sites is 1. The molecule has 0 saturated carbocycles. The van der Waals surface area contributed by atoms with Gasteiger partial charge in [-0.05, 0) is 65.2 Å². The first-order chi connectivity index (χ1) is 11.1. The van der Waals surface area contributed by atoms with Gasteiger partial charge >= 0.3 is 0 Å². The Balaban J connectivity index is 1.83. The number of rotatable bonds is 4. The first kappa shape index (κ1) is 15.5. The molecule has 4 nitrogen and oxygen atoms in total. The van der Waals surface area contributed by atoms with Crippen molar-refractivity contribution < 1.29 is 0 Å². The predicted octanol–water partition coefficient (Wildman–Crippen LogP) is 5.34. The molecule has 0 aliphatic heterocycles. The van der Waals surface area contributed by atoms with Gasteiger partial charge in [-0.25, -0.2) is 4.98 Å². The molecule has 0 aliphatic carbocycles. The molecule has 2 aromatic carbocycles. The molecule has 0 spiro atoms. The van der Waals surface area contributed by atoms with E-state index < -0.39 is 0 Å². The first-order valence-electron chi connectivity index (χ1n) is 7.31. The van der Waals surface area contributed by atoms with Gasteiger partial charge in [-0.1, -0.05) is 24.3 Å². The smallest absolute Gasteiger partial charge is 0.229 e. The first-order valence-corrected chi connectivity index (χ1v) is 8.10. The van der Waals surface area contributed by atoms with E-state index in [0.717, 1.165) is 21.7 Å². The zero-order chi connectivity index (χ0) is 16.2. The van der Waals surface area contributed by atoms with Crippen molar-refractivity contribution in [2.24, 2.45) is 0 Å². The molecule has 3 rings (SSSR count). The van der Waals surface area contributed by atoms with E-state index in [1.807, 2.05) is 42.5 Å². The van der Waals surface area contributed by atoms with Gasteiger partial charge in [-0.15, -0.1) is 0 Å². The maximum atomic E-state index is 4.52. The second-order valence-corrected chi connectivity index (χ2v) is 6.10. The maximum Gasteiger partial charge on any atom is 0.229 e. The second kappa shape index (κ2) is 6.79. The molecule has 23 heavy (non-hydrogen) atoms. The summed E-state index contributed by atoms with van der Waals surface area (Å²) < 4.78 is 0.969. The van der Waals surface area contributed by atoms with Gasteiger partial charge in [0.1, 0.15) is 5.82 Å². The molecule has 2 N–H and O–H groups in total. The molecule has 116 valence electrons. The van der Waals surface area contributed by atoms with Crippen molar-refractivity contribution in [2.75, 3.05) is 10.6 Å². The molecule has 0 aliphatic rings. The van der Waals surface area contributed by atoms with Crippen molar-refractivity contribution in [3.8, 4) is 0 Å². The van der Waals surface area contributed by atoms with Gasteiger partial charge < -0.3 is 10.6 Å². The van der Waals surface area contributed by atoms with Crippen LogP contribution in [0.5, 0.6) is 0 Å². The second-order valence-electron chi connectivity index (χ2n) is 5.24. The van der Waals surface area contributed by atoms with E-state index in [0.29, 0.717) is 5.95 Å².